The van der Waals surface area contributed by atoms with Crippen LogP contribution in [0.5, 0.6) is 5.75 Å². The molecule has 0 unspecified atom stereocenters. The van der Waals surface area contributed by atoms with Crippen LogP contribution < -0.4 is 10.1 Å². The van der Waals surface area contributed by atoms with Crippen LogP contribution in [0.2, 0.25) is 5.02 Å². The Hall–Kier alpha value is -3.52. The summed E-state index contributed by atoms with van der Waals surface area (Å²) in [6, 6.07) is 17.4. The second-order valence-corrected chi connectivity index (χ2v) is 5.93. The molecular formula is C19H16ClN3O5. The lowest BCUT2D eigenvalue weighted by molar-refractivity contribution is 0.0999. The Kier molecular flexibility index (Phi) is 6.13. The first-order valence-electron chi connectivity index (χ1n) is 8.27. The fraction of sp³-hybridized carbons (Fsp3) is 0.105. The summed E-state index contributed by atoms with van der Waals surface area (Å²) in [6.45, 7) is -0.0380. The molecule has 2 N–H and O–H groups in total. The van der Waals surface area contributed by atoms with Crippen molar-refractivity contribution < 1.29 is 24.2 Å². The van der Waals surface area contributed by atoms with E-state index >= 15 is 0 Å². The van der Waals surface area contributed by atoms with Gasteiger partial charge in [-0.05, 0) is 24.3 Å². The lowest BCUT2D eigenvalue weighted by Crippen LogP contribution is -2.13. The smallest absolute Gasteiger partial charge is 0.465 e. The van der Waals surface area contributed by atoms with Gasteiger partial charge in [-0.15, -0.1) is 0 Å². The number of ether oxygens (including phenoxy) is 2. The number of carbonyl (C=O) groups is 2. The number of carboxylic acid groups (broad SMARTS) is 1. The Morgan fingerprint density at radius 1 is 1.07 bits per heavy atom. The Morgan fingerprint density at radius 3 is 2.36 bits per heavy atom. The first-order chi connectivity index (χ1) is 13.5. The highest BCUT2D eigenvalue weighted by Crippen LogP contribution is 2.29. The number of rotatable bonds is 6. The topological polar surface area (TPSA) is 103 Å². The summed E-state index contributed by atoms with van der Waals surface area (Å²) in [7, 11) is 0. The van der Waals surface area contributed by atoms with Gasteiger partial charge in [0.2, 0.25) is 0 Å². The second-order valence-electron chi connectivity index (χ2n) is 5.55. The number of hydrogen-bond donors (Lipinski definition) is 2. The van der Waals surface area contributed by atoms with Gasteiger partial charge in [-0.2, -0.15) is 5.10 Å². The number of hydrogen-bond acceptors (Lipinski definition) is 5. The average molecular weight is 402 g/mol. The molecule has 0 saturated carbocycles. The molecule has 1 aromatic heterocycles. The van der Waals surface area contributed by atoms with Gasteiger partial charge >= 0.3 is 12.2 Å². The van der Waals surface area contributed by atoms with Gasteiger partial charge in [0.05, 0.1) is 11.4 Å². The van der Waals surface area contributed by atoms with Crippen LogP contribution in [0.15, 0.2) is 60.7 Å². The third kappa shape index (κ3) is 4.80. The number of anilines is 1. The summed E-state index contributed by atoms with van der Waals surface area (Å²) in [6.07, 6.45) is -1.95. The highest BCUT2D eigenvalue weighted by Gasteiger charge is 2.19. The zero-order valence-corrected chi connectivity index (χ0v) is 15.3. The van der Waals surface area contributed by atoms with Gasteiger partial charge in [0.1, 0.15) is 17.4 Å². The summed E-state index contributed by atoms with van der Waals surface area (Å²) < 4.78 is 11.4. The Balaban J connectivity index is 1.69. The van der Waals surface area contributed by atoms with Gasteiger partial charge < -0.3 is 14.6 Å². The van der Waals surface area contributed by atoms with E-state index in [2.05, 4.69) is 10.4 Å². The number of para-hydroxylation sites is 2. The van der Waals surface area contributed by atoms with E-state index in [9.17, 15) is 9.59 Å². The summed E-state index contributed by atoms with van der Waals surface area (Å²) in [5, 5.41) is 15.8. The minimum Gasteiger partial charge on any atom is -0.465 e. The van der Waals surface area contributed by atoms with E-state index in [-0.39, 0.29) is 23.9 Å². The van der Waals surface area contributed by atoms with Crippen LogP contribution in [0.3, 0.4) is 0 Å². The second kappa shape index (κ2) is 8.92. The lowest BCUT2D eigenvalue weighted by Gasteiger charge is -2.06. The Labute approximate surface area is 165 Å². The molecule has 3 aromatic rings. The van der Waals surface area contributed by atoms with Crippen molar-refractivity contribution in [3.8, 4) is 11.4 Å². The van der Waals surface area contributed by atoms with Gasteiger partial charge in [-0.3, -0.25) is 5.32 Å². The summed E-state index contributed by atoms with van der Waals surface area (Å²) in [5.74, 6) is 0.481. The molecule has 0 aliphatic rings. The SMILES string of the molecule is O=C(O)Nc1c(Cl)c(CCOC(=O)Oc2ccccc2)nn1-c1ccccc1. The number of halogens is 1. The van der Waals surface area contributed by atoms with E-state index in [1.165, 1.54) is 4.68 Å². The highest BCUT2D eigenvalue weighted by molar-refractivity contribution is 6.34. The number of amides is 1. The van der Waals surface area contributed by atoms with E-state index in [1.807, 2.05) is 6.07 Å². The molecule has 144 valence electrons. The van der Waals surface area contributed by atoms with Crippen molar-refractivity contribution >= 4 is 29.7 Å². The van der Waals surface area contributed by atoms with Crippen molar-refractivity contribution in [2.75, 3.05) is 11.9 Å². The van der Waals surface area contributed by atoms with Crippen LogP contribution >= 0.6 is 11.6 Å². The number of benzene rings is 2. The number of nitrogens with zero attached hydrogens (tertiary/aromatic N) is 2. The summed E-state index contributed by atoms with van der Waals surface area (Å²) in [4.78, 5) is 22.8. The van der Waals surface area contributed by atoms with E-state index in [0.29, 0.717) is 17.1 Å². The molecule has 9 heteroatoms. The van der Waals surface area contributed by atoms with E-state index in [1.54, 1.807) is 54.6 Å². The maximum Gasteiger partial charge on any atom is 0.513 e. The predicted molar refractivity (Wildman–Crippen MR) is 102 cm³/mol. The molecule has 1 heterocycles. The van der Waals surface area contributed by atoms with Crippen LogP contribution in [-0.2, 0) is 11.2 Å². The minimum atomic E-state index is -1.27. The molecule has 8 nitrogen and oxygen atoms in total. The molecule has 0 radical (unpaired) electrons. The third-order valence-electron chi connectivity index (χ3n) is 3.62. The molecule has 2 aromatic carbocycles. The van der Waals surface area contributed by atoms with Gasteiger partial charge in [-0.1, -0.05) is 48.0 Å². The molecule has 3 rings (SSSR count). The first-order valence-corrected chi connectivity index (χ1v) is 8.65. The van der Waals surface area contributed by atoms with Crippen LogP contribution in [0, 0.1) is 0 Å². The predicted octanol–water partition coefficient (Wildman–Crippen LogP) is 4.37. The largest absolute Gasteiger partial charge is 0.513 e. The summed E-state index contributed by atoms with van der Waals surface area (Å²) in [5.41, 5.74) is 1.01. The highest BCUT2D eigenvalue weighted by atomic mass is 35.5. The van der Waals surface area contributed by atoms with E-state index < -0.39 is 12.2 Å². The molecule has 0 bridgehead atoms. The zero-order valence-electron chi connectivity index (χ0n) is 14.5. The Bertz CT molecular complexity index is 960. The quantitative estimate of drug-likeness (QED) is 0.469. The van der Waals surface area contributed by atoms with Gasteiger partial charge in [0, 0.05) is 6.42 Å². The maximum absolute atomic E-state index is 11.7. The van der Waals surface area contributed by atoms with Crippen molar-refractivity contribution in [2.45, 2.75) is 6.42 Å². The molecule has 0 atom stereocenters. The van der Waals surface area contributed by atoms with Crippen LogP contribution in [0.25, 0.3) is 5.69 Å². The fourth-order valence-corrected chi connectivity index (χ4v) is 2.67. The van der Waals surface area contributed by atoms with Crippen molar-refractivity contribution in [3.63, 3.8) is 0 Å². The molecule has 0 saturated heterocycles. The number of aromatic nitrogens is 2. The Morgan fingerprint density at radius 2 is 1.71 bits per heavy atom. The van der Waals surface area contributed by atoms with E-state index in [0.717, 1.165) is 0 Å². The first kappa shape index (κ1) is 19.2. The number of nitrogens with one attached hydrogen (secondary N) is 1. The van der Waals surface area contributed by atoms with Crippen LogP contribution in [0.4, 0.5) is 15.4 Å². The molecule has 28 heavy (non-hydrogen) atoms. The molecular weight excluding hydrogens is 386 g/mol. The van der Waals surface area contributed by atoms with E-state index in [4.69, 9.17) is 26.2 Å². The fourth-order valence-electron chi connectivity index (χ4n) is 2.41. The van der Waals surface area contributed by atoms with Gasteiger partial charge in [0.15, 0.2) is 5.82 Å². The molecule has 0 spiro atoms. The maximum atomic E-state index is 11.7. The lowest BCUT2D eigenvalue weighted by atomic mass is 10.3. The van der Waals surface area contributed by atoms with Gasteiger partial charge in [0.25, 0.3) is 0 Å². The summed E-state index contributed by atoms with van der Waals surface area (Å²) >= 11 is 6.29. The molecule has 1 amide bonds. The van der Waals surface area contributed by atoms with Crippen molar-refractivity contribution in [1.82, 2.24) is 9.78 Å². The molecule has 0 aliphatic heterocycles. The van der Waals surface area contributed by atoms with Crippen LogP contribution in [0.1, 0.15) is 5.69 Å². The standard InChI is InChI=1S/C19H16ClN3O5/c20-16-15(11-12-27-19(26)28-14-9-5-2-6-10-14)22-23(17(16)21-18(24)25)13-7-3-1-4-8-13/h1-10,21H,11-12H2,(H,24,25). The van der Waals surface area contributed by atoms with Crippen molar-refractivity contribution in [2.24, 2.45) is 0 Å². The minimum absolute atomic E-state index is 0.0380. The van der Waals surface area contributed by atoms with Gasteiger partial charge in [-0.25, -0.2) is 14.3 Å². The molecule has 0 aliphatic carbocycles. The molecule has 0 fully saturated rings. The third-order valence-corrected chi connectivity index (χ3v) is 4.02. The number of carbonyl (C=O) groups excluding carboxylic acids is 1. The van der Waals surface area contributed by atoms with Crippen molar-refractivity contribution in [3.05, 3.63) is 71.4 Å². The zero-order chi connectivity index (χ0) is 19.9. The normalized spacial score (nSPS) is 10.3. The van der Waals surface area contributed by atoms with Crippen LogP contribution in [-0.4, -0.2) is 33.7 Å². The monoisotopic (exact) mass is 401 g/mol. The average Bonchev–Trinajstić information content (AvgIpc) is 2.99. The van der Waals surface area contributed by atoms with Crippen molar-refractivity contribution in [1.29, 1.82) is 0 Å².